The van der Waals surface area contributed by atoms with Crippen LogP contribution in [-0.2, 0) is 0 Å². The molecule has 0 saturated carbocycles. The fourth-order valence-electron chi connectivity index (χ4n) is 1.29. The summed E-state index contributed by atoms with van der Waals surface area (Å²) in [6.45, 7) is 3.98. The van der Waals surface area contributed by atoms with E-state index in [4.69, 9.17) is 23.1 Å². The van der Waals surface area contributed by atoms with Gasteiger partial charge in [-0.05, 0) is 13.8 Å². The molecule has 4 nitrogen and oxygen atoms in total. The number of nitrogen functional groups attached to an aromatic ring is 1. The van der Waals surface area contributed by atoms with Gasteiger partial charge in [0.05, 0.1) is 12.2 Å². The van der Waals surface area contributed by atoms with Gasteiger partial charge in [0.2, 0.25) is 5.95 Å². The summed E-state index contributed by atoms with van der Waals surface area (Å²) in [5, 5.41) is 0.310. The molecule has 0 aromatic carbocycles. The van der Waals surface area contributed by atoms with E-state index in [0.29, 0.717) is 23.0 Å². The first-order valence-corrected chi connectivity index (χ1v) is 5.13. The molecule has 1 aromatic heterocycles. The normalized spacial score (nSPS) is 10.9. The maximum Gasteiger partial charge on any atom is 0.221 e. The summed E-state index contributed by atoms with van der Waals surface area (Å²) < 4.78 is 0. The Morgan fingerprint density at radius 1 is 1.50 bits per heavy atom. The maximum absolute atomic E-state index is 6.02. The Balaban J connectivity index is 3.32. The van der Waals surface area contributed by atoms with Gasteiger partial charge >= 0.3 is 0 Å². The number of aromatic nitrogens is 2. The van der Waals surface area contributed by atoms with Gasteiger partial charge in [-0.2, -0.15) is 0 Å². The summed E-state index contributed by atoms with van der Waals surface area (Å²) in [7, 11) is 0. The molecule has 84 valence electrons. The van der Waals surface area contributed by atoms with Crippen molar-refractivity contribution < 1.29 is 0 Å². The second-order valence-electron chi connectivity index (χ2n) is 3.04. The van der Waals surface area contributed by atoms with Gasteiger partial charge in [-0.15, -0.1) is 0 Å². The molecule has 0 bridgehead atoms. The zero-order chi connectivity index (χ0) is 12.1. The van der Waals surface area contributed by atoms with Crippen LogP contribution in [-0.4, -0.2) is 16.5 Å². The molecule has 0 saturated heterocycles. The minimum atomic E-state index is 0.161. The highest BCUT2D eigenvalue weighted by atomic mass is 35.5. The predicted molar refractivity (Wildman–Crippen MR) is 66.7 cm³/mol. The van der Waals surface area contributed by atoms with E-state index in [0.717, 1.165) is 5.57 Å². The molecule has 0 aliphatic carbocycles. The maximum atomic E-state index is 6.02. The third kappa shape index (κ3) is 2.72. The quantitative estimate of drug-likeness (QED) is 0.571. The molecule has 0 aliphatic rings. The van der Waals surface area contributed by atoms with Gasteiger partial charge in [0.15, 0.2) is 0 Å². The lowest BCUT2D eigenvalue weighted by molar-refractivity contribution is 1.10. The summed E-state index contributed by atoms with van der Waals surface area (Å²) in [4.78, 5) is 7.96. The van der Waals surface area contributed by atoms with E-state index in [9.17, 15) is 0 Å². The van der Waals surface area contributed by atoms with Crippen LogP contribution >= 0.6 is 11.6 Å². The largest absolute Gasteiger partial charge is 0.368 e. The van der Waals surface area contributed by atoms with E-state index in [1.807, 2.05) is 19.9 Å². The molecule has 1 aromatic rings. The summed E-state index contributed by atoms with van der Waals surface area (Å²) in [5.41, 5.74) is 13.0. The van der Waals surface area contributed by atoms with Crippen molar-refractivity contribution in [1.29, 1.82) is 0 Å². The van der Waals surface area contributed by atoms with Crippen molar-refractivity contribution in [2.45, 2.75) is 13.8 Å². The first kappa shape index (κ1) is 12.5. The van der Waals surface area contributed by atoms with Crippen LogP contribution in [0.4, 0.5) is 5.95 Å². The van der Waals surface area contributed by atoms with Gasteiger partial charge in [-0.25, -0.2) is 9.97 Å². The Labute approximate surface area is 99.7 Å². The molecule has 4 N–H and O–H groups in total. The monoisotopic (exact) mass is 236 g/mol. The molecule has 1 rings (SSSR count). The van der Waals surface area contributed by atoms with E-state index in [1.165, 1.54) is 0 Å². The van der Waals surface area contributed by atoms with Crippen molar-refractivity contribution in [2.24, 2.45) is 5.73 Å². The van der Waals surface area contributed by atoms with Crippen molar-refractivity contribution in [3.05, 3.63) is 22.5 Å². The first-order valence-electron chi connectivity index (χ1n) is 4.75. The number of hydrogen-bond donors (Lipinski definition) is 2. The molecular formula is C11H13ClN4. The number of nitrogens with zero attached hydrogens (tertiary/aromatic N) is 2. The number of nitrogens with two attached hydrogens (primary N) is 2. The Morgan fingerprint density at radius 2 is 2.19 bits per heavy atom. The summed E-state index contributed by atoms with van der Waals surface area (Å²) >= 11 is 6.02. The molecule has 0 atom stereocenters. The fraction of sp³-hybridized carbons (Fsp3) is 0.273. The SMILES string of the molecule is C/C=C(/C#CCN)c1c(C)nc(N)nc1Cl. The lowest BCUT2D eigenvalue weighted by Gasteiger charge is -2.06. The fourth-order valence-corrected chi connectivity index (χ4v) is 1.61. The number of rotatable bonds is 1. The molecule has 0 fully saturated rings. The number of anilines is 1. The smallest absolute Gasteiger partial charge is 0.221 e. The van der Waals surface area contributed by atoms with Crippen LogP contribution < -0.4 is 11.5 Å². The summed E-state index contributed by atoms with van der Waals surface area (Å²) in [5.74, 6) is 5.86. The number of aryl methyl sites for hydroxylation is 1. The first-order chi connectivity index (χ1) is 7.60. The van der Waals surface area contributed by atoms with Gasteiger partial charge in [0.1, 0.15) is 5.15 Å². The Bertz CT molecular complexity index is 459. The van der Waals surface area contributed by atoms with Gasteiger partial charge in [-0.3, -0.25) is 0 Å². The van der Waals surface area contributed by atoms with Gasteiger partial charge in [0.25, 0.3) is 0 Å². The Kier molecular flexibility index (Phi) is 4.29. The zero-order valence-electron chi connectivity index (χ0n) is 9.21. The van der Waals surface area contributed by atoms with Gasteiger partial charge in [0, 0.05) is 11.1 Å². The van der Waals surface area contributed by atoms with Gasteiger partial charge in [-0.1, -0.05) is 29.5 Å². The molecule has 16 heavy (non-hydrogen) atoms. The minimum Gasteiger partial charge on any atom is -0.368 e. The highest BCUT2D eigenvalue weighted by Gasteiger charge is 2.11. The average molecular weight is 237 g/mol. The van der Waals surface area contributed by atoms with Gasteiger partial charge < -0.3 is 11.5 Å². The standard InChI is InChI=1S/C11H13ClN4/c1-3-8(5-4-6-13)9-7(2)15-11(14)16-10(9)12/h3H,6,13H2,1-2H3,(H2,14,15,16)/b8-3-. The highest BCUT2D eigenvalue weighted by Crippen LogP contribution is 2.24. The predicted octanol–water partition coefficient (Wildman–Crippen LogP) is 1.39. The summed E-state index contributed by atoms with van der Waals surface area (Å²) in [6.07, 6.45) is 1.84. The van der Waals surface area contributed by atoms with Crippen molar-refractivity contribution in [2.75, 3.05) is 12.3 Å². The molecule has 0 aliphatic heterocycles. The van der Waals surface area contributed by atoms with Crippen LogP contribution in [0, 0.1) is 18.8 Å². The summed E-state index contributed by atoms with van der Waals surface area (Å²) in [6, 6.07) is 0. The van der Waals surface area contributed by atoms with Crippen molar-refractivity contribution in [3.63, 3.8) is 0 Å². The molecule has 0 radical (unpaired) electrons. The second kappa shape index (κ2) is 5.50. The molecule has 0 spiro atoms. The van der Waals surface area contributed by atoms with Crippen LogP contribution in [0.2, 0.25) is 5.15 Å². The number of halogens is 1. The topological polar surface area (TPSA) is 77.8 Å². The van der Waals surface area contributed by atoms with E-state index in [2.05, 4.69) is 21.8 Å². The average Bonchev–Trinajstić information content (AvgIpc) is 2.21. The third-order valence-electron chi connectivity index (χ3n) is 1.95. The molecular weight excluding hydrogens is 224 g/mol. The van der Waals surface area contributed by atoms with Crippen molar-refractivity contribution in [1.82, 2.24) is 9.97 Å². The van der Waals surface area contributed by atoms with Crippen LogP contribution in [0.3, 0.4) is 0 Å². The van der Waals surface area contributed by atoms with Crippen LogP contribution in [0.25, 0.3) is 5.57 Å². The van der Waals surface area contributed by atoms with E-state index >= 15 is 0 Å². The zero-order valence-corrected chi connectivity index (χ0v) is 9.97. The second-order valence-corrected chi connectivity index (χ2v) is 3.40. The van der Waals surface area contributed by atoms with Crippen LogP contribution in [0.1, 0.15) is 18.2 Å². The van der Waals surface area contributed by atoms with Crippen molar-refractivity contribution in [3.8, 4) is 11.8 Å². The molecule has 0 amide bonds. The Hall–Kier alpha value is -1.57. The number of hydrogen-bond acceptors (Lipinski definition) is 4. The van der Waals surface area contributed by atoms with E-state index in [-0.39, 0.29) is 5.95 Å². The van der Waals surface area contributed by atoms with E-state index in [1.54, 1.807) is 0 Å². The van der Waals surface area contributed by atoms with Crippen LogP contribution in [0.5, 0.6) is 0 Å². The minimum absolute atomic E-state index is 0.161. The van der Waals surface area contributed by atoms with Crippen molar-refractivity contribution >= 4 is 23.1 Å². The highest BCUT2D eigenvalue weighted by molar-refractivity contribution is 6.31. The number of allylic oxidation sites excluding steroid dienone is 2. The molecule has 0 unspecified atom stereocenters. The Morgan fingerprint density at radius 3 is 2.69 bits per heavy atom. The lowest BCUT2D eigenvalue weighted by Crippen LogP contribution is -2.02. The molecule has 1 heterocycles. The van der Waals surface area contributed by atoms with E-state index < -0.39 is 0 Å². The van der Waals surface area contributed by atoms with Crippen LogP contribution in [0.15, 0.2) is 6.08 Å². The third-order valence-corrected chi connectivity index (χ3v) is 2.22. The lowest BCUT2D eigenvalue weighted by atomic mass is 10.1. The molecule has 5 heteroatoms.